The molecule has 0 aromatic heterocycles. The molecule has 0 radical (unpaired) electrons. The number of rotatable bonds is 12. The molecule has 1 unspecified atom stereocenters. The van der Waals surface area contributed by atoms with E-state index >= 15 is 0 Å². The number of ether oxygens (including phenoxy) is 1. The molecule has 8 heteroatoms. The monoisotopic (exact) mass is 368 g/mol. The van der Waals surface area contributed by atoms with Crippen LogP contribution in [0, 0.1) is 5.82 Å². The zero-order valence-corrected chi connectivity index (χ0v) is 15.7. The Hall–Kier alpha value is -2.19. The van der Waals surface area contributed by atoms with Crippen molar-refractivity contribution in [2.75, 3.05) is 33.8 Å². The van der Waals surface area contributed by atoms with Gasteiger partial charge in [-0.2, -0.15) is 0 Å². The Bertz CT molecular complexity index is 571. The average Bonchev–Trinajstić information content (AvgIpc) is 2.65. The lowest BCUT2D eigenvalue weighted by Gasteiger charge is -2.19. The number of amides is 2. The highest BCUT2D eigenvalue weighted by molar-refractivity contribution is 5.76. The summed E-state index contributed by atoms with van der Waals surface area (Å²) < 4.78 is 18.4. The molecule has 3 N–H and O–H groups in total. The summed E-state index contributed by atoms with van der Waals surface area (Å²) in [4.78, 5) is 23.6. The Morgan fingerprint density at radius 1 is 1.35 bits per heavy atom. The average molecular weight is 368 g/mol. The van der Waals surface area contributed by atoms with Crippen molar-refractivity contribution in [3.8, 4) is 5.75 Å². The van der Waals surface area contributed by atoms with Crippen LogP contribution in [0.25, 0.3) is 0 Å². The topological polar surface area (TPSA) is 82.7 Å². The third kappa shape index (κ3) is 7.37. The van der Waals surface area contributed by atoms with Crippen LogP contribution in [0.1, 0.15) is 37.8 Å². The Morgan fingerprint density at radius 3 is 2.77 bits per heavy atom. The van der Waals surface area contributed by atoms with Crippen molar-refractivity contribution in [3.63, 3.8) is 0 Å². The number of halogens is 1. The first-order valence-corrected chi connectivity index (χ1v) is 8.75. The number of hydrazine groups is 1. The van der Waals surface area contributed by atoms with E-state index in [1.54, 1.807) is 19.2 Å². The number of nitrogens with one attached hydrogen (secondary N) is 3. The number of aldehydes is 1. The number of urea groups is 1. The van der Waals surface area contributed by atoms with Gasteiger partial charge in [0.25, 0.3) is 0 Å². The quantitative estimate of drug-likeness (QED) is 0.299. The summed E-state index contributed by atoms with van der Waals surface area (Å²) >= 11 is 0. The third-order valence-electron chi connectivity index (χ3n) is 4.02. The normalized spacial score (nSPS) is 11.7. The predicted octanol–water partition coefficient (Wildman–Crippen LogP) is 2.00. The summed E-state index contributed by atoms with van der Waals surface area (Å²) in [7, 11) is 2.99. The number of methoxy groups -OCH3 is 1. The minimum atomic E-state index is -0.378. The summed E-state index contributed by atoms with van der Waals surface area (Å²) in [5.74, 6) is -0.149. The van der Waals surface area contributed by atoms with Gasteiger partial charge in [-0.05, 0) is 37.5 Å². The van der Waals surface area contributed by atoms with Crippen molar-refractivity contribution < 1.29 is 18.7 Å². The Kier molecular flexibility index (Phi) is 10.3. The number of hydrogen-bond donors (Lipinski definition) is 3. The number of unbranched alkanes of at least 4 members (excludes halogenated alkanes) is 2. The molecule has 1 atom stereocenters. The van der Waals surface area contributed by atoms with Crippen molar-refractivity contribution in [2.45, 2.75) is 32.2 Å². The molecule has 0 bridgehead atoms. The van der Waals surface area contributed by atoms with Crippen molar-refractivity contribution in [1.82, 2.24) is 21.1 Å². The molecule has 1 rings (SSSR count). The first-order valence-electron chi connectivity index (χ1n) is 8.75. The van der Waals surface area contributed by atoms with Crippen LogP contribution in [0.2, 0.25) is 0 Å². The summed E-state index contributed by atoms with van der Waals surface area (Å²) in [6, 6.07) is 4.55. The van der Waals surface area contributed by atoms with Gasteiger partial charge in [0.15, 0.2) is 11.6 Å². The maximum atomic E-state index is 13.4. The number of nitrogens with zero attached hydrogens (tertiary/aromatic N) is 1. The van der Waals surface area contributed by atoms with Gasteiger partial charge in [-0.1, -0.05) is 12.5 Å². The molecule has 146 valence electrons. The zero-order chi connectivity index (χ0) is 19.4. The van der Waals surface area contributed by atoms with Gasteiger partial charge < -0.3 is 19.7 Å². The van der Waals surface area contributed by atoms with Crippen LogP contribution in [0.5, 0.6) is 5.75 Å². The van der Waals surface area contributed by atoms with Crippen LogP contribution in [-0.4, -0.2) is 51.0 Å². The lowest BCUT2D eigenvalue weighted by molar-refractivity contribution is -0.108. The largest absolute Gasteiger partial charge is 0.494 e. The molecular weight excluding hydrogens is 339 g/mol. The van der Waals surface area contributed by atoms with Gasteiger partial charge in [0.2, 0.25) is 0 Å². The SMILES string of the molecule is CNC(=O)N(CC=O)CCCCCNNC(C)c1ccc(F)c(OC)c1. The Labute approximate surface area is 154 Å². The number of carbonyl (C=O) groups is 2. The van der Waals surface area contributed by atoms with Gasteiger partial charge in [0.05, 0.1) is 13.7 Å². The molecule has 0 aliphatic rings. The number of benzene rings is 1. The van der Waals surface area contributed by atoms with E-state index < -0.39 is 0 Å². The van der Waals surface area contributed by atoms with Crippen LogP contribution in [0.15, 0.2) is 18.2 Å². The molecule has 0 aliphatic heterocycles. The summed E-state index contributed by atoms with van der Waals surface area (Å²) in [6.45, 7) is 3.40. The fourth-order valence-corrected chi connectivity index (χ4v) is 2.47. The van der Waals surface area contributed by atoms with E-state index in [1.165, 1.54) is 18.1 Å². The van der Waals surface area contributed by atoms with Gasteiger partial charge in [-0.15, -0.1) is 0 Å². The second kappa shape index (κ2) is 12.2. The summed E-state index contributed by atoms with van der Waals surface area (Å²) in [6.07, 6.45) is 3.41. The third-order valence-corrected chi connectivity index (χ3v) is 4.02. The molecule has 0 heterocycles. The Balaban J connectivity index is 2.22. The zero-order valence-electron chi connectivity index (χ0n) is 15.7. The molecule has 1 aromatic rings. The van der Waals surface area contributed by atoms with Crippen molar-refractivity contribution >= 4 is 12.3 Å². The van der Waals surface area contributed by atoms with E-state index in [9.17, 15) is 14.0 Å². The molecule has 0 saturated heterocycles. The lowest BCUT2D eigenvalue weighted by Crippen LogP contribution is -2.39. The molecule has 7 nitrogen and oxygen atoms in total. The van der Waals surface area contributed by atoms with Crippen molar-refractivity contribution in [3.05, 3.63) is 29.6 Å². The molecule has 0 fully saturated rings. The van der Waals surface area contributed by atoms with Crippen LogP contribution >= 0.6 is 0 Å². The molecule has 26 heavy (non-hydrogen) atoms. The minimum Gasteiger partial charge on any atom is -0.494 e. The van der Waals surface area contributed by atoms with Crippen molar-refractivity contribution in [1.29, 1.82) is 0 Å². The van der Waals surface area contributed by atoms with E-state index in [2.05, 4.69) is 16.2 Å². The number of carbonyl (C=O) groups excluding carboxylic acids is 2. The van der Waals surface area contributed by atoms with E-state index in [0.29, 0.717) is 6.54 Å². The smallest absolute Gasteiger partial charge is 0.317 e. The van der Waals surface area contributed by atoms with E-state index in [4.69, 9.17) is 4.74 Å². The van der Waals surface area contributed by atoms with Gasteiger partial charge in [-0.25, -0.2) is 9.18 Å². The molecule has 0 saturated carbocycles. The highest BCUT2D eigenvalue weighted by atomic mass is 19.1. The van der Waals surface area contributed by atoms with Gasteiger partial charge in [-0.3, -0.25) is 10.9 Å². The molecule has 0 spiro atoms. The molecule has 0 aliphatic carbocycles. The van der Waals surface area contributed by atoms with E-state index in [0.717, 1.165) is 37.7 Å². The maximum Gasteiger partial charge on any atom is 0.317 e. The predicted molar refractivity (Wildman–Crippen MR) is 98.4 cm³/mol. The lowest BCUT2D eigenvalue weighted by atomic mass is 10.1. The second-order valence-corrected chi connectivity index (χ2v) is 5.92. The first-order chi connectivity index (χ1) is 12.5. The van der Waals surface area contributed by atoms with Crippen molar-refractivity contribution in [2.24, 2.45) is 0 Å². The fourth-order valence-electron chi connectivity index (χ4n) is 2.47. The van der Waals surface area contributed by atoms with Crippen LogP contribution < -0.4 is 20.9 Å². The van der Waals surface area contributed by atoms with E-state index in [1.807, 2.05) is 6.92 Å². The molecular formula is C18H29FN4O3. The van der Waals surface area contributed by atoms with Gasteiger partial charge >= 0.3 is 6.03 Å². The first kappa shape index (κ1) is 21.9. The van der Waals surface area contributed by atoms with E-state index in [-0.39, 0.29) is 30.2 Å². The van der Waals surface area contributed by atoms with Crippen LogP contribution in [-0.2, 0) is 4.79 Å². The second-order valence-electron chi connectivity index (χ2n) is 5.92. The standard InChI is InChI=1S/C18H29FN4O3/c1-14(15-7-8-16(19)17(13-15)26-3)22-21-9-5-4-6-10-23(11-12-24)18(25)20-2/h7-8,12-14,21-22H,4-6,9-11H2,1-3H3,(H,20,25). The molecule has 2 amide bonds. The van der Waals surface area contributed by atoms with Crippen LogP contribution in [0.3, 0.4) is 0 Å². The minimum absolute atomic E-state index is 0.000771. The summed E-state index contributed by atoms with van der Waals surface area (Å²) in [5, 5.41) is 2.52. The Morgan fingerprint density at radius 2 is 2.12 bits per heavy atom. The van der Waals surface area contributed by atoms with Crippen LogP contribution in [0.4, 0.5) is 9.18 Å². The highest BCUT2D eigenvalue weighted by Gasteiger charge is 2.10. The molecule has 1 aromatic carbocycles. The highest BCUT2D eigenvalue weighted by Crippen LogP contribution is 2.22. The number of hydrogen-bond acceptors (Lipinski definition) is 5. The maximum absolute atomic E-state index is 13.4. The fraction of sp³-hybridized carbons (Fsp3) is 0.556. The summed E-state index contributed by atoms with van der Waals surface area (Å²) in [5.41, 5.74) is 7.24. The van der Waals surface area contributed by atoms with Gasteiger partial charge in [0.1, 0.15) is 6.29 Å². The van der Waals surface area contributed by atoms with Gasteiger partial charge in [0, 0.05) is 26.2 Å².